The molecule has 0 bridgehead atoms. The van der Waals surface area contributed by atoms with Gasteiger partial charge in [-0.05, 0) is 6.07 Å². The van der Waals surface area contributed by atoms with Crippen molar-refractivity contribution in [2.75, 3.05) is 7.11 Å². The molecule has 0 aliphatic heterocycles. The Balaban J connectivity index is 3.24. The second-order valence-corrected chi connectivity index (χ2v) is 3.40. The van der Waals surface area contributed by atoms with Gasteiger partial charge >= 0.3 is 6.36 Å². The Labute approximate surface area is 103 Å². The second-order valence-electron chi connectivity index (χ2n) is 2.84. The molecule has 0 unspecified atom stereocenters. The second kappa shape index (κ2) is 5.35. The number of pyridine rings is 1. The van der Waals surface area contributed by atoms with Gasteiger partial charge in [0.1, 0.15) is 11.4 Å². The molecule has 1 aromatic rings. The summed E-state index contributed by atoms with van der Waals surface area (Å²) in [7, 11) is 1.28. The number of carbonyl (C=O) groups excluding carboxylic acids is 1. The van der Waals surface area contributed by atoms with Crippen LogP contribution in [0.1, 0.15) is 16.1 Å². The van der Waals surface area contributed by atoms with Crippen molar-refractivity contribution in [1.82, 2.24) is 4.98 Å². The minimum atomic E-state index is -4.86. The highest BCUT2D eigenvalue weighted by molar-refractivity contribution is 9.08. The van der Waals surface area contributed by atoms with Gasteiger partial charge in [0, 0.05) is 10.9 Å². The first kappa shape index (κ1) is 13.8. The van der Waals surface area contributed by atoms with Gasteiger partial charge in [-0.1, -0.05) is 15.9 Å². The Morgan fingerprint density at radius 3 is 2.59 bits per heavy atom. The van der Waals surface area contributed by atoms with Crippen LogP contribution in [0.3, 0.4) is 0 Å². The molecule has 0 saturated heterocycles. The van der Waals surface area contributed by atoms with Crippen molar-refractivity contribution in [2.45, 2.75) is 11.7 Å². The first-order valence-corrected chi connectivity index (χ1v) is 5.38. The van der Waals surface area contributed by atoms with E-state index in [0.717, 1.165) is 0 Å². The summed E-state index contributed by atoms with van der Waals surface area (Å²) in [6.07, 6.45) is -4.57. The molecule has 94 valence electrons. The Kier molecular flexibility index (Phi) is 4.33. The van der Waals surface area contributed by atoms with Gasteiger partial charge in [-0.25, -0.2) is 4.98 Å². The molecule has 8 heteroatoms. The summed E-state index contributed by atoms with van der Waals surface area (Å²) < 4.78 is 44.8. The molecule has 0 amide bonds. The maximum absolute atomic E-state index is 12.1. The topological polar surface area (TPSA) is 48.4 Å². The maximum atomic E-state index is 12.1. The van der Waals surface area contributed by atoms with Crippen LogP contribution in [-0.4, -0.2) is 24.7 Å². The number of hydrogen-bond donors (Lipinski definition) is 0. The third kappa shape index (κ3) is 3.58. The molecule has 0 fully saturated rings. The van der Waals surface area contributed by atoms with Gasteiger partial charge in [0.2, 0.25) is 5.88 Å². The molecule has 0 radical (unpaired) electrons. The molecule has 1 aromatic heterocycles. The fraction of sp³-hybridized carbons (Fsp3) is 0.333. The van der Waals surface area contributed by atoms with Crippen molar-refractivity contribution in [2.24, 2.45) is 0 Å². The number of aldehydes is 1. The van der Waals surface area contributed by atoms with Gasteiger partial charge < -0.3 is 9.47 Å². The van der Waals surface area contributed by atoms with Crippen molar-refractivity contribution >= 4 is 22.2 Å². The molecule has 0 saturated carbocycles. The monoisotopic (exact) mass is 313 g/mol. The Morgan fingerprint density at radius 1 is 1.53 bits per heavy atom. The first-order chi connectivity index (χ1) is 7.91. The molecule has 0 aliphatic carbocycles. The fourth-order valence-electron chi connectivity index (χ4n) is 1.07. The molecule has 1 rings (SSSR count). The van der Waals surface area contributed by atoms with Crippen molar-refractivity contribution < 1.29 is 27.4 Å². The van der Waals surface area contributed by atoms with Crippen molar-refractivity contribution in [3.05, 3.63) is 17.3 Å². The number of hydrogen-bond acceptors (Lipinski definition) is 4. The first-order valence-electron chi connectivity index (χ1n) is 4.26. The molecule has 0 aliphatic rings. The van der Waals surface area contributed by atoms with Gasteiger partial charge in [-0.2, -0.15) is 0 Å². The van der Waals surface area contributed by atoms with E-state index in [1.807, 2.05) is 0 Å². The summed E-state index contributed by atoms with van der Waals surface area (Å²) in [5, 5.41) is 0.0842. The predicted octanol–water partition coefficient (Wildman–Crippen LogP) is 2.70. The van der Waals surface area contributed by atoms with E-state index in [1.54, 1.807) is 0 Å². The molecule has 1 heterocycles. The number of rotatable bonds is 4. The predicted molar refractivity (Wildman–Crippen MR) is 55.5 cm³/mol. The van der Waals surface area contributed by atoms with Crippen LogP contribution in [0.4, 0.5) is 13.2 Å². The Morgan fingerprint density at radius 2 is 2.18 bits per heavy atom. The lowest BCUT2D eigenvalue weighted by atomic mass is 10.2. The summed E-state index contributed by atoms with van der Waals surface area (Å²) in [4.78, 5) is 14.1. The zero-order valence-corrected chi connectivity index (χ0v) is 10.1. The smallest absolute Gasteiger partial charge is 0.494 e. The van der Waals surface area contributed by atoms with Gasteiger partial charge in [0.05, 0.1) is 7.11 Å². The quantitative estimate of drug-likeness (QED) is 0.633. The van der Waals surface area contributed by atoms with Gasteiger partial charge in [-0.3, -0.25) is 4.79 Å². The SMILES string of the molecule is COc1cc(CBr)c(OC(F)(F)F)nc1C=O. The van der Waals surface area contributed by atoms with Crippen LogP contribution >= 0.6 is 15.9 Å². The highest BCUT2D eigenvalue weighted by atomic mass is 79.9. The lowest BCUT2D eigenvalue weighted by molar-refractivity contribution is -0.276. The molecule has 0 aromatic carbocycles. The molecule has 0 atom stereocenters. The lowest BCUT2D eigenvalue weighted by Gasteiger charge is -2.13. The number of aromatic nitrogens is 1. The van der Waals surface area contributed by atoms with E-state index in [4.69, 9.17) is 4.74 Å². The average molecular weight is 314 g/mol. The van der Waals surface area contributed by atoms with E-state index in [-0.39, 0.29) is 22.3 Å². The number of nitrogens with zero attached hydrogens (tertiary/aromatic N) is 1. The summed E-state index contributed by atoms with van der Waals surface area (Å²) in [6, 6.07) is 1.26. The largest absolute Gasteiger partial charge is 0.574 e. The van der Waals surface area contributed by atoms with Crippen molar-refractivity contribution in [3.63, 3.8) is 0 Å². The zero-order valence-electron chi connectivity index (χ0n) is 8.55. The summed E-state index contributed by atoms with van der Waals surface area (Å²) in [5.41, 5.74) is -0.124. The molecule has 4 nitrogen and oxygen atoms in total. The standard InChI is InChI=1S/C9H7BrF3NO3/c1-16-7-2-5(3-10)8(14-6(7)4-15)17-9(11,12)13/h2,4H,3H2,1H3. The highest BCUT2D eigenvalue weighted by Gasteiger charge is 2.33. The Bertz CT molecular complexity index is 423. The highest BCUT2D eigenvalue weighted by Crippen LogP contribution is 2.30. The fourth-order valence-corrected chi connectivity index (χ4v) is 1.47. The van der Waals surface area contributed by atoms with E-state index < -0.39 is 12.2 Å². The van der Waals surface area contributed by atoms with Crippen LogP contribution < -0.4 is 9.47 Å². The van der Waals surface area contributed by atoms with Crippen LogP contribution in [0, 0.1) is 0 Å². The number of carbonyl (C=O) groups is 1. The van der Waals surface area contributed by atoms with Crippen LogP contribution in [-0.2, 0) is 5.33 Å². The zero-order chi connectivity index (χ0) is 13.1. The van der Waals surface area contributed by atoms with Gasteiger partial charge in [0.25, 0.3) is 0 Å². The number of methoxy groups -OCH3 is 1. The van der Waals surface area contributed by atoms with Gasteiger partial charge in [0.15, 0.2) is 6.29 Å². The average Bonchev–Trinajstić information content (AvgIpc) is 2.26. The molecule has 0 N–H and O–H groups in total. The maximum Gasteiger partial charge on any atom is 0.574 e. The number of alkyl halides is 4. The van der Waals surface area contributed by atoms with Crippen LogP contribution in [0.15, 0.2) is 6.07 Å². The van der Waals surface area contributed by atoms with Crippen LogP contribution in [0.5, 0.6) is 11.6 Å². The summed E-state index contributed by atoms with van der Waals surface area (Å²) in [6.45, 7) is 0. The minimum Gasteiger partial charge on any atom is -0.494 e. The van der Waals surface area contributed by atoms with E-state index in [0.29, 0.717) is 6.29 Å². The van der Waals surface area contributed by atoms with Crippen molar-refractivity contribution in [1.29, 1.82) is 0 Å². The van der Waals surface area contributed by atoms with E-state index in [9.17, 15) is 18.0 Å². The number of halogens is 4. The van der Waals surface area contributed by atoms with Crippen LogP contribution in [0.2, 0.25) is 0 Å². The normalized spacial score (nSPS) is 11.1. The third-order valence-corrected chi connectivity index (χ3v) is 2.35. The third-order valence-electron chi connectivity index (χ3n) is 1.74. The lowest BCUT2D eigenvalue weighted by Crippen LogP contribution is -2.19. The summed E-state index contributed by atoms with van der Waals surface area (Å²) >= 11 is 2.99. The van der Waals surface area contributed by atoms with E-state index in [1.165, 1.54) is 13.2 Å². The van der Waals surface area contributed by atoms with Crippen LogP contribution in [0.25, 0.3) is 0 Å². The van der Waals surface area contributed by atoms with E-state index in [2.05, 4.69) is 25.7 Å². The summed E-state index contributed by atoms with van der Waals surface area (Å²) in [5.74, 6) is -0.582. The number of ether oxygens (including phenoxy) is 2. The minimum absolute atomic E-state index is 0.0842. The molecular formula is C9H7BrF3NO3. The van der Waals surface area contributed by atoms with E-state index >= 15 is 0 Å². The molecule has 0 spiro atoms. The Hall–Kier alpha value is -1.31. The molecular weight excluding hydrogens is 307 g/mol. The molecule has 17 heavy (non-hydrogen) atoms. The van der Waals surface area contributed by atoms with Gasteiger partial charge in [-0.15, -0.1) is 13.2 Å². The van der Waals surface area contributed by atoms with Crippen molar-refractivity contribution in [3.8, 4) is 11.6 Å².